The largest absolute Gasteiger partial charge is 0.493 e. The fraction of sp³-hybridized carbons (Fsp3) is 0.517. The molecule has 1 aliphatic rings. The maximum atomic E-state index is 13.3. The smallest absolute Gasteiger partial charge is 0.310 e. The van der Waals surface area contributed by atoms with Crippen LogP contribution in [0.1, 0.15) is 68.9 Å². The molecule has 0 saturated carbocycles. The van der Waals surface area contributed by atoms with Crippen LogP contribution < -0.4 is 9.47 Å². The van der Waals surface area contributed by atoms with Gasteiger partial charge >= 0.3 is 5.97 Å². The Labute approximate surface area is 213 Å². The molecular weight excluding hydrogens is 460 g/mol. The molecule has 0 fully saturated rings. The molecule has 2 N–H and O–H groups in total. The fourth-order valence-corrected chi connectivity index (χ4v) is 4.78. The van der Waals surface area contributed by atoms with Gasteiger partial charge in [0.2, 0.25) is 0 Å². The Hall–Kier alpha value is -2.90. The van der Waals surface area contributed by atoms with E-state index in [2.05, 4.69) is 13.0 Å². The molecule has 0 bridgehead atoms. The van der Waals surface area contributed by atoms with Crippen molar-refractivity contribution in [2.45, 2.75) is 76.6 Å². The third kappa shape index (κ3) is 8.07. The number of para-hydroxylation sites is 2. The van der Waals surface area contributed by atoms with E-state index < -0.39 is 12.4 Å². The molecule has 7 nitrogen and oxygen atoms in total. The van der Waals surface area contributed by atoms with Crippen molar-refractivity contribution in [2.75, 3.05) is 13.7 Å². The molecule has 0 saturated heterocycles. The standard InChI is InChI=1S/C29H38O7/c1-20-21(10-4-3-5-15-28(31)32)18-24(30)27(36-26-14-9-7-12-23(20)26)16-17-35-25-13-8-6-11-22(25)19-29(33)34-2/h6-9,11-14,20-21,27-28,31-32H,3-5,10,15-19H2,1-2H3/t20?,21-,27?/m1/s1. The molecule has 2 aromatic rings. The number of ketones is 1. The molecular formula is C29H38O7. The summed E-state index contributed by atoms with van der Waals surface area (Å²) in [5, 5.41) is 18.1. The molecule has 2 aromatic carbocycles. The van der Waals surface area contributed by atoms with E-state index in [0.717, 1.165) is 42.6 Å². The van der Waals surface area contributed by atoms with Gasteiger partial charge < -0.3 is 24.4 Å². The zero-order chi connectivity index (χ0) is 25.9. The third-order valence-electron chi connectivity index (χ3n) is 6.92. The number of aliphatic hydroxyl groups is 2. The Morgan fingerprint density at radius 3 is 2.58 bits per heavy atom. The third-order valence-corrected chi connectivity index (χ3v) is 6.92. The predicted octanol–water partition coefficient (Wildman–Crippen LogP) is 4.57. The number of esters is 1. The first-order valence-corrected chi connectivity index (χ1v) is 12.8. The quantitative estimate of drug-likeness (QED) is 0.251. The van der Waals surface area contributed by atoms with Crippen LogP contribution in [0.25, 0.3) is 0 Å². The van der Waals surface area contributed by atoms with Crippen LogP contribution in [0.4, 0.5) is 0 Å². The minimum absolute atomic E-state index is 0.0681. The van der Waals surface area contributed by atoms with E-state index in [4.69, 9.17) is 24.4 Å². The van der Waals surface area contributed by atoms with Crippen LogP contribution in [0.5, 0.6) is 11.5 Å². The van der Waals surface area contributed by atoms with Crippen LogP contribution in [-0.2, 0) is 20.7 Å². The number of ether oxygens (including phenoxy) is 3. The lowest BCUT2D eigenvalue weighted by atomic mass is 9.79. The van der Waals surface area contributed by atoms with Crippen LogP contribution in [0.15, 0.2) is 48.5 Å². The Kier molecular flexibility index (Phi) is 10.8. The van der Waals surface area contributed by atoms with Crippen molar-refractivity contribution in [3.8, 4) is 11.5 Å². The second-order valence-corrected chi connectivity index (χ2v) is 9.48. The number of hydrogen-bond donors (Lipinski definition) is 2. The Morgan fingerprint density at radius 2 is 1.81 bits per heavy atom. The van der Waals surface area contributed by atoms with Gasteiger partial charge in [0.05, 0.1) is 20.1 Å². The minimum atomic E-state index is -1.26. The van der Waals surface area contributed by atoms with Crippen molar-refractivity contribution >= 4 is 11.8 Å². The molecule has 0 radical (unpaired) electrons. The van der Waals surface area contributed by atoms with Gasteiger partial charge in [-0.05, 0) is 48.8 Å². The fourth-order valence-electron chi connectivity index (χ4n) is 4.78. The summed E-state index contributed by atoms with van der Waals surface area (Å²) in [6.45, 7) is 2.43. The second-order valence-electron chi connectivity index (χ2n) is 9.48. The van der Waals surface area contributed by atoms with Gasteiger partial charge in [0.15, 0.2) is 18.2 Å². The van der Waals surface area contributed by atoms with E-state index in [0.29, 0.717) is 25.0 Å². The minimum Gasteiger partial charge on any atom is -0.493 e. The summed E-state index contributed by atoms with van der Waals surface area (Å²) in [5.74, 6) is 1.43. The number of Topliss-reactive ketones (excluding diaryl/α,β-unsaturated/α-hetero) is 1. The lowest BCUT2D eigenvalue weighted by molar-refractivity contribution is -0.139. The van der Waals surface area contributed by atoms with Crippen molar-refractivity contribution < 1.29 is 34.0 Å². The number of carbonyl (C=O) groups excluding carboxylic acids is 2. The van der Waals surface area contributed by atoms with E-state index in [1.54, 1.807) is 0 Å². The Bertz CT molecular complexity index is 987. The normalized spacial score (nSPS) is 19.7. The average molecular weight is 499 g/mol. The number of hydrogen-bond acceptors (Lipinski definition) is 7. The summed E-state index contributed by atoms with van der Waals surface area (Å²) in [5.41, 5.74) is 1.84. The molecule has 196 valence electrons. The highest BCUT2D eigenvalue weighted by Gasteiger charge is 2.32. The van der Waals surface area contributed by atoms with E-state index in [1.165, 1.54) is 7.11 Å². The molecule has 0 aromatic heterocycles. The molecule has 0 spiro atoms. The number of methoxy groups -OCH3 is 1. The maximum Gasteiger partial charge on any atom is 0.310 e. The van der Waals surface area contributed by atoms with Crippen molar-refractivity contribution in [2.24, 2.45) is 5.92 Å². The first kappa shape index (κ1) is 27.7. The zero-order valence-corrected chi connectivity index (χ0v) is 21.2. The summed E-state index contributed by atoms with van der Waals surface area (Å²) in [6.07, 6.45) is 2.94. The zero-order valence-electron chi connectivity index (χ0n) is 21.2. The van der Waals surface area contributed by atoms with Gasteiger partial charge in [0.1, 0.15) is 11.5 Å². The number of unbranched alkanes of at least 4 members (excludes halogenated alkanes) is 2. The molecule has 36 heavy (non-hydrogen) atoms. The SMILES string of the molecule is COC(=O)Cc1ccccc1OCCC1Oc2ccccc2C(C)[C@H](CCCCCC(O)O)CC1=O. The molecule has 1 heterocycles. The molecule has 0 aliphatic carbocycles. The van der Waals surface area contributed by atoms with Crippen LogP contribution in [0.2, 0.25) is 0 Å². The highest BCUT2D eigenvalue weighted by Crippen LogP contribution is 2.39. The number of carbonyl (C=O) groups is 2. The van der Waals surface area contributed by atoms with Crippen molar-refractivity contribution in [1.29, 1.82) is 0 Å². The first-order chi connectivity index (χ1) is 17.4. The van der Waals surface area contributed by atoms with Crippen molar-refractivity contribution in [3.63, 3.8) is 0 Å². The van der Waals surface area contributed by atoms with Gasteiger partial charge in [-0.2, -0.15) is 0 Å². The molecule has 2 unspecified atom stereocenters. The predicted molar refractivity (Wildman–Crippen MR) is 136 cm³/mol. The van der Waals surface area contributed by atoms with Gasteiger partial charge in [-0.25, -0.2) is 0 Å². The lowest BCUT2D eigenvalue weighted by Crippen LogP contribution is -2.34. The average Bonchev–Trinajstić information content (AvgIpc) is 2.87. The number of rotatable bonds is 12. The van der Waals surface area contributed by atoms with Gasteiger partial charge in [0.25, 0.3) is 0 Å². The highest BCUT2D eigenvalue weighted by atomic mass is 16.5. The molecule has 1 aliphatic heterocycles. The van der Waals surface area contributed by atoms with E-state index in [1.807, 2.05) is 42.5 Å². The number of aliphatic hydroxyl groups excluding tert-OH is 1. The maximum absolute atomic E-state index is 13.3. The Morgan fingerprint density at radius 1 is 1.06 bits per heavy atom. The highest BCUT2D eigenvalue weighted by molar-refractivity contribution is 5.84. The van der Waals surface area contributed by atoms with Gasteiger partial charge in [-0.1, -0.05) is 56.2 Å². The van der Waals surface area contributed by atoms with Gasteiger partial charge in [-0.3, -0.25) is 9.59 Å². The summed E-state index contributed by atoms with van der Waals surface area (Å²) in [4.78, 5) is 25.0. The molecule has 7 heteroatoms. The summed E-state index contributed by atoms with van der Waals surface area (Å²) in [6, 6.07) is 15.2. The first-order valence-electron chi connectivity index (χ1n) is 12.8. The van der Waals surface area contributed by atoms with Gasteiger partial charge in [-0.15, -0.1) is 0 Å². The summed E-state index contributed by atoms with van der Waals surface area (Å²) in [7, 11) is 1.36. The number of fused-ring (bicyclic) bond motifs is 1. The topological polar surface area (TPSA) is 102 Å². The summed E-state index contributed by atoms with van der Waals surface area (Å²) >= 11 is 0. The van der Waals surface area contributed by atoms with Crippen LogP contribution in [0.3, 0.4) is 0 Å². The van der Waals surface area contributed by atoms with Crippen molar-refractivity contribution in [3.05, 3.63) is 59.7 Å². The molecule has 3 rings (SSSR count). The second kappa shape index (κ2) is 14.0. The molecule has 3 atom stereocenters. The monoisotopic (exact) mass is 498 g/mol. The van der Waals surface area contributed by atoms with E-state index >= 15 is 0 Å². The van der Waals surface area contributed by atoms with Crippen LogP contribution >= 0.6 is 0 Å². The van der Waals surface area contributed by atoms with E-state index in [9.17, 15) is 9.59 Å². The lowest BCUT2D eigenvalue weighted by Gasteiger charge is -2.31. The Balaban J connectivity index is 1.66. The number of benzene rings is 2. The van der Waals surface area contributed by atoms with E-state index in [-0.39, 0.29) is 36.6 Å². The van der Waals surface area contributed by atoms with Gasteiger partial charge in [0, 0.05) is 18.4 Å². The molecule has 0 amide bonds. The summed E-state index contributed by atoms with van der Waals surface area (Å²) < 4.78 is 17.0. The van der Waals surface area contributed by atoms with Crippen LogP contribution in [0, 0.1) is 5.92 Å². The van der Waals surface area contributed by atoms with Crippen LogP contribution in [-0.4, -0.2) is 48.1 Å². The van der Waals surface area contributed by atoms with Crippen molar-refractivity contribution in [1.82, 2.24) is 0 Å².